The molecule has 0 aromatic rings. The lowest BCUT2D eigenvalue weighted by atomic mass is 10.1. The van der Waals surface area contributed by atoms with Crippen molar-refractivity contribution < 1.29 is 0 Å². The number of hydrogen-bond donors (Lipinski definition) is 1. The van der Waals surface area contributed by atoms with E-state index in [0.29, 0.717) is 0 Å². The van der Waals surface area contributed by atoms with Crippen LogP contribution in [0.5, 0.6) is 0 Å². The first-order valence-electron chi connectivity index (χ1n) is 5.31. The Balaban J connectivity index is 1.72. The van der Waals surface area contributed by atoms with Crippen molar-refractivity contribution >= 4 is 0 Å². The molecule has 0 spiro atoms. The summed E-state index contributed by atoms with van der Waals surface area (Å²) in [6.45, 7) is 3.42. The van der Waals surface area contributed by atoms with Gasteiger partial charge in [-0.3, -0.25) is 0 Å². The average Bonchev–Trinajstić information content (AvgIpc) is 2.92. The maximum Gasteiger partial charge on any atom is 0.0167 e. The fourth-order valence-corrected chi connectivity index (χ4v) is 1.46. The molecule has 0 amide bonds. The van der Waals surface area contributed by atoms with E-state index in [1.807, 2.05) is 0 Å². The first-order chi connectivity index (χ1) is 5.88. The highest BCUT2D eigenvalue weighted by molar-refractivity contribution is 5.10. The van der Waals surface area contributed by atoms with Gasteiger partial charge in [0.15, 0.2) is 0 Å². The van der Waals surface area contributed by atoms with E-state index in [9.17, 15) is 0 Å². The molecule has 2 saturated carbocycles. The minimum absolute atomic E-state index is 0.860. The molecular formula is C11H19N. The smallest absolute Gasteiger partial charge is 0.0167 e. The van der Waals surface area contributed by atoms with Crippen LogP contribution in [0.25, 0.3) is 0 Å². The van der Waals surface area contributed by atoms with E-state index < -0.39 is 0 Å². The summed E-state index contributed by atoms with van der Waals surface area (Å²) in [6, 6.07) is 0.860. The van der Waals surface area contributed by atoms with E-state index in [1.165, 1.54) is 32.1 Å². The quantitative estimate of drug-likeness (QED) is 0.617. The lowest BCUT2D eigenvalue weighted by molar-refractivity contribution is 0.716. The zero-order valence-corrected chi connectivity index (χ0v) is 7.97. The Morgan fingerprint density at radius 3 is 2.58 bits per heavy atom. The lowest BCUT2D eigenvalue weighted by Gasteiger charge is -2.05. The summed E-state index contributed by atoms with van der Waals surface area (Å²) >= 11 is 0. The highest BCUT2D eigenvalue weighted by atomic mass is 14.9. The normalized spacial score (nSPS) is 24.6. The summed E-state index contributed by atoms with van der Waals surface area (Å²) < 4.78 is 0. The Morgan fingerprint density at radius 1 is 1.33 bits per heavy atom. The van der Waals surface area contributed by atoms with Crippen LogP contribution in [0.4, 0.5) is 0 Å². The molecule has 0 saturated heterocycles. The molecule has 1 heteroatoms. The molecule has 1 nitrogen and oxygen atoms in total. The Kier molecular flexibility index (Phi) is 2.50. The molecule has 1 N–H and O–H groups in total. The first-order valence-corrected chi connectivity index (χ1v) is 5.31. The summed E-state index contributed by atoms with van der Waals surface area (Å²) in [5, 5.41) is 3.57. The minimum Gasteiger partial charge on any atom is -0.310 e. The summed E-state index contributed by atoms with van der Waals surface area (Å²) in [4.78, 5) is 0. The van der Waals surface area contributed by atoms with Gasteiger partial charge in [0, 0.05) is 12.6 Å². The predicted octanol–water partition coefficient (Wildman–Crippen LogP) is 2.48. The molecule has 68 valence electrons. The van der Waals surface area contributed by atoms with Gasteiger partial charge < -0.3 is 5.32 Å². The molecule has 2 rings (SSSR count). The molecule has 0 heterocycles. The monoisotopic (exact) mass is 165 g/mol. The highest BCUT2D eigenvalue weighted by Crippen LogP contribution is 2.31. The van der Waals surface area contributed by atoms with Crippen molar-refractivity contribution in [3.05, 3.63) is 11.6 Å². The number of hydrogen-bond acceptors (Lipinski definition) is 1. The molecule has 12 heavy (non-hydrogen) atoms. The maximum absolute atomic E-state index is 3.57. The van der Waals surface area contributed by atoms with Gasteiger partial charge in [0.25, 0.3) is 0 Å². The van der Waals surface area contributed by atoms with E-state index in [1.54, 1.807) is 5.57 Å². The van der Waals surface area contributed by atoms with Crippen LogP contribution in [0.2, 0.25) is 0 Å². The van der Waals surface area contributed by atoms with Crippen LogP contribution in [0.1, 0.15) is 39.0 Å². The first kappa shape index (κ1) is 8.31. The van der Waals surface area contributed by atoms with E-state index in [0.717, 1.165) is 18.5 Å². The largest absolute Gasteiger partial charge is 0.310 e. The van der Waals surface area contributed by atoms with Gasteiger partial charge in [-0.15, -0.1) is 0 Å². The summed E-state index contributed by atoms with van der Waals surface area (Å²) in [7, 11) is 0. The molecular weight excluding hydrogens is 146 g/mol. The van der Waals surface area contributed by atoms with Crippen molar-refractivity contribution in [3.63, 3.8) is 0 Å². The van der Waals surface area contributed by atoms with Crippen LogP contribution in [0.3, 0.4) is 0 Å². The highest BCUT2D eigenvalue weighted by Gasteiger charge is 2.21. The predicted molar refractivity (Wildman–Crippen MR) is 52.1 cm³/mol. The van der Waals surface area contributed by atoms with Crippen LogP contribution in [-0.2, 0) is 0 Å². The second-order valence-electron chi connectivity index (χ2n) is 4.17. The molecule has 0 bridgehead atoms. The van der Waals surface area contributed by atoms with Crippen LogP contribution in [0, 0.1) is 5.92 Å². The molecule has 0 aromatic heterocycles. The van der Waals surface area contributed by atoms with Crippen molar-refractivity contribution in [1.29, 1.82) is 0 Å². The topological polar surface area (TPSA) is 12.0 Å². The molecule has 0 atom stereocenters. The SMILES string of the molecule is CCC(=CC1CC1)CNC1CC1. The van der Waals surface area contributed by atoms with Gasteiger partial charge in [-0.2, -0.15) is 0 Å². The van der Waals surface area contributed by atoms with E-state index in [4.69, 9.17) is 0 Å². The van der Waals surface area contributed by atoms with E-state index >= 15 is 0 Å². The van der Waals surface area contributed by atoms with Gasteiger partial charge in [0.05, 0.1) is 0 Å². The molecule has 0 aromatic carbocycles. The van der Waals surface area contributed by atoms with Crippen LogP contribution in [-0.4, -0.2) is 12.6 Å². The third-order valence-electron chi connectivity index (χ3n) is 2.74. The minimum atomic E-state index is 0.860. The molecule has 0 unspecified atom stereocenters. The number of allylic oxidation sites excluding steroid dienone is 1. The second-order valence-corrected chi connectivity index (χ2v) is 4.17. The fourth-order valence-electron chi connectivity index (χ4n) is 1.46. The molecule has 0 aliphatic heterocycles. The summed E-state index contributed by atoms with van der Waals surface area (Å²) in [6.07, 6.45) is 9.41. The average molecular weight is 165 g/mol. The molecule has 2 aliphatic carbocycles. The van der Waals surface area contributed by atoms with Crippen LogP contribution in [0.15, 0.2) is 11.6 Å². The van der Waals surface area contributed by atoms with Crippen molar-refractivity contribution in [2.75, 3.05) is 6.54 Å². The van der Waals surface area contributed by atoms with Gasteiger partial charge in [0.2, 0.25) is 0 Å². The lowest BCUT2D eigenvalue weighted by Crippen LogP contribution is -2.19. The van der Waals surface area contributed by atoms with Gasteiger partial charge in [-0.25, -0.2) is 0 Å². The van der Waals surface area contributed by atoms with E-state index in [-0.39, 0.29) is 0 Å². The second kappa shape index (κ2) is 3.61. The van der Waals surface area contributed by atoms with Crippen LogP contribution >= 0.6 is 0 Å². The summed E-state index contributed by atoms with van der Waals surface area (Å²) in [5.41, 5.74) is 1.63. The van der Waals surface area contributed by atoms with Gasteiger partial charge in [0.1, 0.15) is 0 Å². The number of rotatable bonds is 5. The molecule has 2 aliphatic rings. The fraction of sp³-hybridized carbons (Fsp3) is 0.818. The molecule has 0 radical (unpaired) electrons. The van der Waals surface area contributed by atoms with Crippen molar-refractivity contribution in [1.82, 2.24) is 5.32 Å². The van der Waals surface area contributed by atoms with Crippen molar-refractivity contribution in [2.24, 2.45) is 5.92 Å². The third kappa shape index (κ3) is 2.63. The van der Waals surface area contributed by atoms with Gasteiger partial charge >= 0.3 is 0 Å². The number of nitrogens with one attached hydrogen (secondary N) is 1. The Morgan fingerprint density at radius 2 is 2.08 bits per heavy atom. The Bertz CT molecular complexity index is 175. The van der Waals surface area contributed by atoms with Crippen LogP contribution < -0.4 is 5.32 Å². The zero-order chi connectivity index (χ0) is 8.39. The zero-order valence-electron chi connectivity index (χ0n) is 7.97. The summed E-state index contributed by atoms with van der Waals surface area (Å²) in [5.74, 6) is 0.945. The van der Waals surface area contributed by atoms with Gasteiger partial charge in [-0.1, -0.05) is 18.6 Å². The maximum atomic E-state index is 3.57. The Hall–Kier alpha value is -0.300. The standard InChI is InChI=1S/C11H19N/c1-2-9(7-10-3-4-10)8-12-11-5-6-11/h7,10-12H,2-6,8H2,1H3. The third-order valence-corrected chi connectivity index (χ3v) is 2.74. The van der Waals surface area contributed by atoms with Crippen molar-refractivity contribution in [3.8, 4) is 0 Å². The van der Waals surface area contributed by atoms with Gasteiger partial charge in [-0.05, 0) is 38.0 Å². The van der Waals surface area contributed by atoms with Crippen molar-refractivity contribution in [2.45, 2.75) is 45.1 Å². The Labute approximate surface area is 75.2 Å². The van der Waals surface area contributed by atoms with E-state index in [2.05, 4.69) is 18.3 Å². The molecule has 2 fully saturated rings.